The molecule has 0 saturated carbocycles. The molecule has 1 saturated heterocycles. The van der Waals surface area contributed by atoms with Gasteiger partial charge in [0.05, 0.1) is 18.3 Å². The molecule has 1 atom stereocenters. The van der Waals surface area contributed by atoms with Crippen LogP contribution < -0.4 is 0 Å². The van der Waals surface area contributed by atoms with Crippen LogP contribution in [0.2, 0.25) is 0 Å². The zero-order chi connectivity index (χ0) is 30.3. The molecule has 0 unspecified atom stereocenters. The normalized spacial score (nSPS) is 16.9. The highest BCUT2D eigenvalue weighted by atomic mass is 32.1. The number of amides is 1. The highest BCUT2D eigenvalue weighted by Crippen LogP contribution is 2.39. The van der Waals surface area contributed by atoms with Crippen LogP contribution in [0.1, 0.15) is 84.3 Å². The number of aliphatic imine (C=N–C) groups is 1. The Morgan fingerprint density at radius 1 is 1.12 bits per heavy atom. The number of nitrogens with zero attached hydrogens (tertiary/aromatic N) is 6. The molecule has 0 N–H and O–H groups in total. The van der Waals surface area contributed by atoms with Crippen LogP contribution in [0.3, 0.4) is 0 Å². The molecule has 0 spiro atoms. The number of oxazole rings is 1. The van der Waals surface area contributed by atoms with Crippen LogP contribution in [0.4, 0.5) is 4.79 Å². The Morgan fingerprint density at radius 2 is 1.86 bits per heavy atom. The summed E-state index contributed by atoms with van der Waals surface area (Å²) in [7, 11) is 0. The molecule has 3 aromatic heterocycles. The third kappa shape index (κ3) is 6.00. The number of piperidine rings is 1. The van der Waals surface area contributed by atoms with E-state index in [2.05, 4.69) is 69.7 Å². The molecule has 5 heterocycles. The van der Waals surface area contributed by atoms with E-state index >= 15 is 0 Å². The summed E-state index contributed by atoms with van der Waals surface area (Å²) in [6, 6.07) is 8.03. The van der Waals surface area contributed by atoms with Crippen molar-refractivity contribution >= 4 is 23.1 Å². The van der Waals surface area contributed by atoms with Crippen LogP contribution >= 0.6 is 11.3 Å². The maximum atomic E-state index is 12.4. The molecule has 0 aliphatic carbocycles. The van der Waals surface area contributed by atoms with E-state index in [9.17, 15) is 4.79 Å². The fourth-order valence-electron chi connectivity index (χ4n) is 5.47. The van der Waals surface area contributed by atoms with Crippen molar-refractivity contribution < 1.29 is 13.9 Å². The summed E-state index contributed by atoms with van der Waals surface area (Å²) in [6.45, 7) is 13.3. The Bertz CT molecular complexity index is 1720. The minimum Gasteiger partial charge on any atom is -0.449 e. The molecule has 0 bridgehead atoms. The molecule has 43 heavy (non-hydrogen) atoms. The van der Waals surface area contributed by atoms with Gasteiger partial charge in [0.2, 0.25) is 0 Å². The summed E-state index contributed by atoms with van der Waals surface area (Å²) in [6.07, 6.45) is 5.17. The molecule has 1 amide bonds. The second-order valence-electron chi connectivity index (χ2n) is 12.1. The maximum absolute atomic E-state index is 12.4. The van der Waals surface area contributed by atoms with E-state index in [1.165, 1.54) is 10.4 Å². The fraction of sp³-hybridized carbons (Fsp3) is 0.424. The van der Waals surface area contributed by atoms with Crippen molar-refractivity contribution in [1.29, 1.82) is 0 Å². The van der Waals surface area contributed by atoms with E-state index in [0.717, 1.165) is 51.9 Å². The monoisotopic (exact) mass is 596 g/mol. The van der Waals surface area contributed by atoms with Crippen molar-refractivity contribution in [1.82, 2.24) is 24.6 Å². The van der Waals surface area contributed by atoms with Crippen LogP contribution in [-0.4, -0.2) is 55.1 Å². The molecule has 222 valence electrons. The zero-order valence-electron chi connectivity index (χ0n) is 25.5. The first-order valence-corrected chi connectivity index (χ1v) is 15.5. The molecular weight excluding hydrogens is 560 g/mol. The fourth-order valence-corrected chi connectivity index (χ4v) is 6.69. The average Bonchev–Trinajstić information content (AvgIpc) is 3.67. The van der Waals surface area contributed by atoms with Gasteiger partial charge in [0.15, 0.2) is 11.7 Å². The number of rotatable bonds is 3. The highest BCUT2D eigenvalue weighted by molar-refractivity contribution is 7.15. The molecule has 1 aromatic carbocycles. The highest BCUT2D eigenvalue weighted by Gasteiger charge is 2.32. The Balaban J connectivity index is 1.25. The van der Waals surface area contributed by atoms with E-state index in [1.54, 1.807) is 28.7 Å². The number of hydrogen-bond acceptors (Lipinski definition) is 8. The standard InChI is InChI=1S/C33H36N6O3S/c1-20-21(2)43-31-28(20)29(35-26(19-27-34-15-18-41-27)30-37-36-22(3)39(30)31)25-11-9-23(10-12-25)7-8-24-13-16-38(17-14-24)32(40)42-33(4,5)6/h9-12,15,18,24,26H,13-14,16-17,19H2,1-6H3/t26-/m0/s1. The van der Waals surface area contributed by atoms with Crippen molar-refractivity contribution in [2.45, 2.75) is 72.4 Å². The van der Waals surface area contributed by atoms with Crippen LogP contribution in [0.25, 0.3) is 5.00 Å². The predicted molar refractivity (Wildman–Crippen MR) is 166 cm³/mol. The zero-order valence-corrected chi connectivity index (χ0v) is 26.3. The lowest BCUT2D eigenvalue weighted by Gasteiger charge is -2.31. The minimum atomic E-state index is -0.486. The van der Waals surface area contributed by atoms with Crippen molar-refractivity contribution in [2.24, 2.45) is 10.9 Å². The number of thiophene rings is 1. The number of aryl methyl sites for hydroxylation is 2. The lowest BCUT2D eigenvalue weighted by atomic mass is 9.96. The number of hydrogen-bond donors (Lipinski definition) is 0. The number of likely N-dealkylation sites (tertiary alicyclic amines) is 1. The van der Waals surface area contributed by atoms with E-state index in [0.29, 0.717) is 25.4 Å². The van der Waals surface area contributed by atoms with Gasteiger partial charge in [-0.05, 0) is 72.1 Å². The summed E-state index contributed by atoms with van der Waals surface area (Å²) >= 11 is 1.74. The van der Waals surface area contributed by atoms with Crippen LogP contribution in [0.5, 0.6) is 0 Å². The van der Waals surface area contributed by atoms with Gasteiger partial charge in [-0.1, -0.05) is 24.0 Å². The molecule has 2 aliphatic heterocycles. The van der Waals surface area contributed by atoms with Crippen molar-refractivity contribution in [2.75, 3.05) is 13.1 Å². The van der Waals surface area contributed by atoms with Crippen molar-refractivity contribution in [3.8, 4) is 16.8 Å². The Kier molecular flexibility index (Phi) is 7.69. The average molecular weight is 597 g/mol. The molecule has 0 radical (unpaired) electrons. The molecular formula is C33H36N6O3S. The van der Waals surface area contributed by atoms with Gasteiger partial charge in [0.25, 0.3) is 0 Å². The Hall–Kier alpha value is -4.23. The number of carbonyl (C=O) groups is 1. The van der Waals surface area contributed by atoms with E-state index in [-0.39, 0.29) is 18.1 Å². The molecule has 4 aromatic rings. The summed E-state index contributed by atoms with van der Waals surface area (Å²) in [4.78, 5) is 25.1. The third-order valence-corrected chi connectivity index (χ3v) is 9.01. The summed E-state index contributed by atoms with van der Waals surface area (Å²) in [5.41, 5.74) is 4.73. The number of fused-ring (bicyclic) bond motifs is 3. The first-order chi connectivity index (χ1) is 20.6. The van der Waals surface area contributed by atoms with Crippen LogP contribution in [0.15, 0.2) is 46.1 Å². The topological polar surface area (TPSA) is 98.6 Å². The molecule has 6 rings (SSSR count). The summed E-state index contributed by atoms with van der Waals surface area (Å²) in [5, 5.41) is 10.0. The molecule has 9 nitrogen and oxygen atoms in total. The number of benzene rings is 1. The predicted octanol–water partition coefficient (Wildman–Crippen LogP) is 6.38. The van der Waals surface area contributed by atoms with Gasteiger partial charge >= 0.3 is 6.09 Å². The number of carbonyl (C=O) groups excluding carboxylic acids is 1. The van der Waals surface area contributed by atoms with Crippen molar-refractivity contribution in [3.05, 3.63) is 81.4 Å². The third-order valence-electron chi connectivity index (χ3n) is 7.82. The molecule has 10 heteroatoms. The van der Waals surface area contributed by atoms with Crippen LogP contribution in [0, 0.1) is 38.5 Å². The van der Waals surface area contributed by atoms with E-state index < -0.39 is 5.60 Å². The van der Waals surface area contributed by atoms with E-state index in [4.69, 9.17) is 14.1 Å². The second-order valence-corrected chi connectivity index (χ2v) is 13.3. The number of ether oxygens (including phenoxy) is 1. The quantitative estimate of drug-likeness (QED) is 0.255. The largest absolute Gasteiger partial charge is 0.449 e. The van der Waals surface area contributed by atoms with Gasteiger partial charge in [0, 0.05) is 40.6 Å². The first kappa shape index (κ1) is 28.9. The summed E-state index contributed by atoms with van der Waals surface area (Å²) < 4.78 is 13.3. The Labute approximate surface area is 256 Å². The van der Waals surface area contributed by atoms with Gasteiger partial charge in [-0.15, -0.1) is 21.5 Å². The maximum Gasteiger partial charge on any atom is 0.410 e. The van der Waals surface area contributed by atoms with Gasteiger partial charge in [0.1, 0.15) is 28.7 Å². The minimum absolute atomic E-state index is 0.243. The molecule has 2 aliphatic rings. The molecule has 1 fully saturated rings. The lowest BCUT2D eigenvalue weighted by Crippen LogP contribution is -2.41. The number of aromatic nitrogens is 4. The van der Waals surface area contributed by atoms with Gasteiger partial charge in [-0.2, -0.15) is 0 Å². The first-order valence-electron chi connectivity index (χ1n) is 14.7. The summed E-state index contributed by atoms with van der Waals surface area (Å²) in [5.74, 6) is 9.27. The van der Waals surface area contributed by atoms with Crippen molar-refractivity contribution in [3.63, 3.8) is 0 Å². The van der Waals surface area contributed by atoms with Gasteiger partial charge in [-0.25, -0.2) is 9.78 Å². The lowest BCUT2D eigenvalue weighted by molar-refractivity contribution is 0.0199. The van der Waals surface area contributed by atoms with Gasteiger partial charge < -0.3 is 14.1 Å². The second kappa shape index (κ2) is 11.5. The van der Waals surface area contributed by atoms with Gasteiger partial charge in [-0.3, -0.25) is 9.56 Å². The van der Waals surface area contributed by atoms with E-state index in [1.807, 2.05) is 27.7 Å². The smallest absolute Gasteiger partial charge is 0.410 e. The van der Waals surface area contributed by atoms with Crippen LogP contribution in [-0.2, 0) is 11.2 Å². The Morgan fingerprint density at radius 3 is 2.53 bits per heavy atom. The SMILES string of the molecule is Cc1sc2c(c1C)C(c1ccc(C#CC3CCN(C(=O)OC(C)(C)C)CC3)cc1)=N[C@@H](Cc1ncco1)c1nnc(C)n1-2.